The van der Waals surface area contributed by atoms with Crippen molar-refractivity contribution in [2.24, 2.45) is 0 Å². The number of aryl methyl sites for hydroxylation is 1. The Morgan fingerprint density at radius 3 is 2.42 bits per heavy atom. The van der Waals surface area contributed by atoms with Gasteiger partial charge >= 0.3 is 0 Å². The largest absolute Gasteiger partial charge is 0.489 e. The van der Waals surface area contributed by atoms with Crippen molar-refractivity contribution in [3.05, 3.63) is 58.5 Å². The van der Waals surface area contributed by atoms with Crippen molar-refractivity contribution in [1.82, 2.24) is 15.3 Å². The summed E-state index contributed by atoms with van der Waals surface area (Å²) in [6.07, 6.45) is 1.30. The number of benzene rings is 2. The Morgan fingerprint density at radius 2 is 1.79 bits per heavy atom. The van der Waals surface area contributed by atoms with Gasteiger partial charge in [-0.05, 0) is 95.3 Å². The van der Waals surface area contributed by atoms with E-state index in [4.69, 9.17) is 16.3 Å². The molecule has 1 aliphatic heterocycles. The molecule has 0 radical (unpaired) electrons. The Kier molecular flexibility index (Phi) is 9.27. The molecule has 3 aromatic rings. The third-order valence-electron chi connectivity index (χ3n) is 6.93. The first-order valence-electron chi connectivity index (χ1n) is 13.7. The second-order valence-electron chi connectivity index (χ2n) is 11.6. The molecule has 0 saturated carbocycles. The Morgan fingerprint density at radius 1 is 1.09 bits per heavy atom. The van der Waals surface area contributed by atoms with Crippen LogP contribution in [0.1, 0.15) is 64.5 Å². The van der Waals surface area contributed by atoms with Gasteiger partial charge in [-0.3, -0.25) is 0 Å². The lowest BCUT2D eigenvalue weighted by atomic mass is 9.81. The van der Waals surface area contributed by atoms with E-state index in [0.717, 1.165) is 23.3 Å². The predicted octanol–water partition coefficient (Wildman–Crippen LogP) is 4.85. The number of rotatable bonds is 9. The zero-order chi connectivity index (χ0) is 31.9. The van der Waals surface area contributed by atoms with Crippen molar-refractivity contribution in [3.8, 4) is 5.75 Å². The molecule has 2 heterocycles. The van der Waals surface area contributed by atoms with Crippen LogP contribution in [0.4, 0.5) is 27.5 Å². The maximum Gasteiger partial charge on any atom is 0.229 e. The topological polar surface area (TPSA) is 166 Å². The van der Waals surface area contributed by atoms with E-state index in [-0.39, 0.29) is 46.3 Å². The van der Waals surface area contributed by atoms with Gasteiger partial charge in [0.05, 0.1) is 33.8 Å². The molecule has 43 heavy (non-hydrogen) atoms. The highest BCUT2D eigenvalue weighted by Gasteiger charge is 2.43. The Labute approximate surface area is 255 Å². The molecule has 1 fully saturated rings. The summed E-state index contributed by atoms with van der Waals surface area (Å²) in [5, 5.41) is 39.0. The van der Waals surface area contributed by atoms with Crippen LogP contribution in [0.25, 0.3) is 0 Å². The average Bonchev–Trinajstić information content (AvgIpc) is 2.86. The fraction of sp³-hybridized carbons (Fsp3) is 0.448. The highest BCUT2D eigenvalue weighted by atomic mass is 35.5. The van der Waals surface area contributed by atoms with Gasteiger partial charge < -0.3 is 30.7 Å². The van der Waals surface area contributed by atoms with Crippen LogP contribution in [0.2, 0.25) is 5.02 Å². The van der Waals surface area contributed by atoms with Crippen molar-refractivity contribution < 1.29 is 32.9 Å². The molecule has 6 N–H and O–H groups in total. The van der Waals surface area contributed by atoms with E-state index in [0.29, 0.717) is 11.4 Å². The normalized spacial score (nSPS) is 20.3. The van der Waals surface area contributed by atoms with E-state index in [1.54, 1.807) is 12.1 Å². The quantitative estimate of drug-likeness (QED) is 0.178. The van der Waals surface area contributed by atoms with Crippen molar-refractivity contribution in [2.75, 3.05) is 10.6 Å². The van der Waals surface area contributed by atoms with Crippen LogP contribution < -0.4 is 20.7 Å². The lowest BCUT2D eigenvalue weighted by Crippen LogP contribution is -2.61. The highest BCUT2D eigenvalue weighted by Crippen LogP contribution is 2.42. The number of ether oxygens (including phenoxy) is 1. The second-order valence-corrected chi connectivity index (χ2v) is 14.4. The summed E-state index contributed by atoms with van der Waals surface area (Å²) in [6, 6.07) is 6.98. The molecule has 0 amide bonds. The fourth-order valence-electron chi connectivity index (χ4n) is 5.09. The average molecular weight is 638 g/mol. The summed E-state index contributed by atoms with van der Waals surface area (Å²) >= 11 is 6.36. The van der Waals surface area contributed by atoms with Crippen molar-refractivity contribution in [2.45, 2.75) is 88.2 Å². The molecule has 1 aliphatic rings. The number of sulfone groups is 1. The zero-order valence-electron chi connectivity index (χ0n) is 24.7. The van der Waals surface area contributed by atoms with Crippen molar-refractivity contribution >= 4 is 44.6 Å². The number of aliphatic hydroxyl groups is 3. The minimum atomic E-state index is -3.84. The van der Waals surface area contributed by atoms with Crippen molar-refractivity contribution in [1.29, 1.82) is 0 Å². The monoisotopic (exact) mass is 637 g/mol. The molecule has 4 rings (SSSR count). The van der Waals surface area contributed by atoms with Gasteiger partial charge in [-0.15, -0.1) is 0 Å². The molecule has 0 spiro atoms. The number of anilines is 4. The van der Waals surface area contributed by atoms with E-state index < -0.39 is 38.5 Å². The standard InChI is InChI=1S/C29H37ClFN5O6S/c1-15(2)42-24-11-20(18-12-28(6,37)36-29(38,39)13-18)17(5)9-23(24)34-27-32-14-21(30)26(35-27)33-22-8-7-19(31)10-25(22)43(40,41)16(3)4/h7-11,14-16,18,36-39H,12-13H2,1-6H3,(H2,32,33,34,35). The second kappa shape index (κ2) is 12.1. The van der Waals surface area contributed by atoms with E-state index in [9.17, 15) is 28.1 Å². The molecule has 2 aromatic carbocycles. The van der Waals surface area contributed by atoms with E-state index in [1.165, 1.54) is 33.0 Å². The van der Waals surface area contributed by atoms with Crippen LogP contribution in [-0.2, 0) is 9.84 Å². The molecule has 11 nitrogen and oxygen atoms in total. The van der Waals surface area contributed by atoms with E-state index in [2.05, 4.69) is 25.9 Å². The Balaban J connectivity index is 1.70. The van der Waals surface area contributed by atoms with Gasteiger partial charge in [0.1, 0.15) is 22.3 Å². The van der Waals surface area contributed by atoms with Crippen LogP contribution in [-0.4, -0.2) is 56.7 Å². The number of nitrogens with zero attached hydrogens (tertiary/aromatic N) is 2. The lowest BCUT2D eigenvalue weighted by Gasteiger charge is -2.43. The van der Waals surface area contributed by atoms with Gasteiger partial charge in [0.25, 0.3) is 0 Å². The summed E-state index contributed by atoms with van der Waals surface area (Å²) in [5.74, 6) is -2.72. The third-order valence-corrected chi connectivity index (χ3v) is 9.40. The molecule has 234 valence electrons. The number of aromatic nitrogens is 2. The Bertz CT molecular complexity index is 1600. The van der Waals surface area contributed by atoms with Crippen molar-refractivity contribution in [3.63, 3.8) is 0 Å². The molecule has 2 unspecified atom stereocenters. The van der Waals surface area contributed by atoms with Gasteiger partial charge in [0.2, 0.25) is 11.9 Å². The summed E-state index contributed by atoms with van der Waals surface area (Å²) in [6.45, 7) is 10.1. The van der Waals surface area contributed by atoms with Gasteiger partial charge in [-0.1, -0.05) is 11.6 Å². The first-order valence-corrected chi connectivity index (χ1v) is 15.7. The highest BCUT2D eigenvalue weighted by molar-refractivity contribution is 7.92. The van der Waals surface area contributed by atoms with Crippen LogP contribution in [0.5, 0.6) is 5.75 Å². The fourth-order valence-corrected chi connectivity index (χ4v) is 6.44. The maximum absolute atomic E-state index is 14.0. The first kappa shape index (κ1) is 32.8. The van der Waals surface area contributed by atoms with Gasteiger partial charge in [-0.2, -0.15) is 4.98 Å². The molecule has 14 heteroatoms. The molecule has 0 aliphatic carbocycles. The molecule has 0 bridgehead atoms. The van der Waals surface area contributed by atoms with Gasteiger partial charge in [0.15, 0.2) is 15.7 Å². The maximum atomic E-state index is 14.0. The molecular weight excluding hydrogens is 601 g/mol. The number of halogens is 2. The van der Waals surface area contributed by atoms with Crippen LogP contribution in [0, 0.1) is 12.7 Å². The Hall–Kier alpha value is -3.07. The summed E-state index contributed by atoms with van der Waals surface area (Å²) in [4.78, 5) is 8.47. The summed E-state index contributed by atoms with van der Waals surface area (Å²) in [7, 11) is -3.84. The smallest absolute Gasteiger partial charge is 0.229 e. The predicted molar refractivity (Wildman–Crippen MR) is 162 cm³/mol. The molecular formula is C29H37ClFN5O6S. The van der Waals surface area contributed by atoms with Crippen LogP contribution in [0.15, 0.2) is 41.4 Å². The third kappa shape index (κ3) is 7.72. The van der Waals surface area contributed by atoms with Gasteiger partial charge in [-0.25, -0.2) is 23.1 Å². The molecule has 2 atom stereocenters. The molecule has 1 saturated heterocycles. The lowest BCUT2D eigenvalue weighted by molar-refractivity contribution is -0.251. The zero-order valence-corrected chi connectivity index (χ0v) is 26.3. The summed E-state index contributed by atoms with van der Waals surface area (Å²) < 4.78 is 46.0. The number of nitrogens with one attached hydrogen (secondary N) is 3. The summed E-state index contributed by atoms with van der Waals surface area (Å²) in [5.41, 5.74) is 0.665. The number of piperidine rings is 1. The van der Waals surface area contributed by atoms with Crippen LogP contribution in [0.3, 0.4) is 0 Å². The van der Waals surface area contributed by atoms with Gasteiger partial charge in [0, 0.05) is 6.42 Å². The van der Waals surface area contributed by atoms with E-state index in [1.807, 2.05) is 20.8 Å². The first-order chi connectivity index (χ1) is 19.9. The minimum absolute atomic E-state index is 0.0505. The number of hydrogen-bond donors (Lipinski definition) is 6. The SMILES string of the molecule is Cc1cc(Nc2ncc(Cl)c(Nc3ccc(F)cc3S(=O)(=O)C(C)C)n2)c(OC(C)C)cc1C1CC(C)(O)NC(O)(O)C1. The van der Waals surface area contributed by atoms with Crippen LogP contribution >= 0.6 is 11.6 Å². The minimum Gasteiger partial charge on any atom is -0.489 e. The number of hydrogen-bond acceptors (Lipinski definition) is 11. The molecule has 1 aromatic heterocycles. The van der Waals surface area contributed by atoms with E-state index >= 15 is 0 Å².